The van der Waals surface area contributed by atoms with E-state index in [4.69, 9.17) is 5.11 Å². The van der Waals surface area contributed by atoms with Gasteiger partial charge in [-0.25, -0.2) is 0 Å². The number of aliphatic carboxylic acids is 1. The van der Waals surface area contributed by atoms with E-state index in [1.165, 1.54) is 11.8 Å². The van der Waals surface area contributed by atoms with Crippen LogP contribution in [-0.2, 0) is 11.2 Å². The molecule has 3 nitrogen and oxygen atoms in total. The predicted octanol–water partition coefficient (Wildman–Crippen LogP) is 3.28. The minimum absolute atomic E-state index is 0.00952. The number of carboxylic acid groups (broad SMARTS) is 1. The molecule has 0 unspecified atom stereocenters. The van der Waals surface area contributed by atoms with Crippen molar-refractivity contribution in [2.24, 2.45) is 0 Å². The normalized spacial score (nSPS) is 10.1. The maximum Gasteiger partial charge on any atom is 0.307 e. The van der Waals surface area contributed by atoms with Crippen LogP contribution in [-0.4, -0.2) is 17.4 Å². The smallest absolute Gasteiger partial charge is 0.307 e. The highest BCUT2D eigenvalue weighted by Gasteiger charge is 2.07. The number of hydrogen-bond acceptors (Lipinski definition) is 3. The summed E-state index contributed by atoms with van der Waals surface area (Å²) in [7, 11) is 0. The molecule has 0 aromatic heterocycles. The number of hydrogen-bond donors (Lipinski definition) is 1. The third-order valence-corrected chi connectivity index (χ3v) is 3.68. The van der Waals surface area contributed by atoms with Crippen molar-refractivity contribution >= 4 is 24.0 Å². The van der Waals surface area contributed by atoms with Gasteiger partial charge in [-0.1, -0.05) is 42.1 Å². The second kappa shape index (κ2) is 6.20. The Morgan fingerprint density at radius 2 is 1.79 bits per heavy atom. The van der Waals surface area contributed by atoms with E-state index < -0.39 is 5.97 Å². The molecule has 0 saturated carbocycles. The molecule has 0 amide bonds. The molecule has 0 saturated heterocycles. The van der Waals surface area contributed by atoms with Crippen LogP contribution in [0.5, 0.6) is 0 Å². The molecule has 0 bridgehead atoms. The van der Waals surface area contributed by atoms with Crippen LogP contribution in [0.25, 0.3) is 0 Å². The molecular weight excluding hydrogens is 260 g/mol. The lowest BCUT2D eigenvalue weighted by Gasteiger charge is -2.07. The first-order valence-corrected chi connectivity index (χ1v) is 6.53. The molecule has 0 spiro atoms. The first kappa shape index (κ1) is 13.4. The van der Waals surface area contributed by atoms with Crippen LogP contribution in [0.3, 0.4) is 0 Å². The molecule has 0 atom stereocenters. The van der Waals surface area contributed by atoms with E-state index in [1.807, 2.05) is 36.4 Å². The molecule has 0 aliphatic carbocycles. The summed E-state index contributed by atoms with van der Waals surface area (Å²) in [6.45, 7) is 0. The van der Waals surface area contributed by atoms with Crippen molar-refractivity contribution in [3.8, 4) is 0 Å². The third-order valence-electron chi connectivity index (χ3n) is 2.56. The summed E-state index contributed by atoms with van der Waals surface area (Å²) in [5.41, 5.74) is 1.42. The highest BCUT2D eigenvalue weighted by atomic mass is 32.2. The van der Waals surface area contributed by atoms with Gasteiger partial charge in [0.1, 0.15) is 6.29 Å². The molecule has 2 aromatic rings. The Hall–Kier alpha value is -2.07. The fourth-order valence-corrected chi connectivity index (χ4v) is 2.60. The Morgan fingerprint density at radius 3 is 2.42 bits per heavy atom. The molecule has 0 aliphatic heterocycles. The minimum Gasteiger partial charge on any atom is -0.481 e. The second-order valence-electron chi connectivity index (χ2n) is 3.97. The molecule has 0 heterocycles. The molecule has 2 rings (SSSR count). The largest absolute Gasteiger partial charge is 0.481 e. The van der Waals surface area contributed by atoms with Crippen molar-refractivity contribution < 1.29 is 14.7 Å². The van der Waals surface area contributed by atoms with E-state index in [9.17, 15) is 9.59 Å². The summed E-state index contributed by atoms with van der Waals surface area (Å²) >= 11 is 1.50. The van der Waals surface area contributed by atoms with Gasteiger partial charge in [0.2, 0.25) is 0 Å². The summed E-state index contributed by atoms with van der Waals surface area (Å²) in [4.78, 5) is 23.3. The van der Waals surface area contributed by atoms with Crippen LogP contribution in [0.1, 0.15) is 15.9 Å². The molecule has 96 valence electrons. The fourth-order valence-electron chi connectivity index (χ4n) is 1.65. The van der Waals surface area contributed by atoms with E-state index in [0.717, 1.165) is 21.6 Å². The van der Waals surface area contributed by atoms with E-state index in [-0.39, 0.29) is 6.42 Å². The Kier molecular flexibility index (Phi) is 4.36. The van der Waals surface area contributed by atoms with Gasteiger partial charge in [-0.15, -0.1) is 0 Å². The highest BCUT2D eigenvalue weighted by molar-refractivity contribution is 7.99. The van der Waals surface area contributed by atoms with Crippen LogP contribution in [0.4, 0.5) is 0 Å². The van der Waals surface area contributed by atoms with Gasteiger partial charge in [-0.2, -0.15) is 0 Å². The number of aldehydes is 1. The van der Waals surface area contributed by atoms with Gasteiger partial charge in [0, 0.05) is 15.4 Å². The molecule has 4 heteroatoms. The summed E-state index contributed by atoms with van der Waals surface area (Å²) in [5.74, 6) is -0.843. The zero-order chi connectivity index (χ0) is 13.7. The number of benzene rings is 2. The zero-order valence-electron chi connectivity index (χ0n) is 10.1. The van der Waals surface area contributed by atoms with Crippen molar-refractivity contribution in [3.63, 3.8) is 0 Å². The minimum atomic E-state index is -0.843. The molecule has 0 radical (unpaired) electrons. The fraction of sp³-hybridized carbons (Fsp3) is 0.0667. The molecule has 1 N–H and O–H groups in total. The second-order valence-corrected chi connectivity index (χ2v) is 5.08. The molecule has 19 heavy (non-hydrogen) atoms. The van der Waals surface area contributed by atoms with Gasteiger partial charge in [0.05, 0.1) is 6.42 Å². The lowest BCUT2D eigenvalue weighted by atomic mass is 10.1. The van der Waals surface area contributed by atoms with Gasteiger partial charge in [-0.3, -0.25) is 9.59 Å². The van der Waals surface area contributed by atoms with Crippen LogP contribution in [0.2, 0.25) is 0 Å². The first-order valence-electron chi connectivity index (χ1n) is 5.72. The standard InChI is InChI=1S/C15H12O3S/c16-10-11-5-7-13(8-6-11)19-14-4-2-1-3-12(14)9-15(17)18/h1-8,10H,9H2,(H,17,18). The average Bonchev–Trinajstić information content (AvgIpc) is 2.41. The maximum atomic E-state index is 10.8. The lowest BCUT2D eigenvalue weighted by molar-refractivity contribution is -0.136. The van der Waals surface area contributed by atoms with Crippen LogP contribution < -0.4 is 0 Å². The predicted molar refractivity (Wildman–Crippen MR) is 73.7 cm³/mol. The Bertz CT molecular complexity index is 591. The van der Waals surface area contributed by atoms with Crippen LogP contribution in [0.15, 0.2) is 58.3 Å². The van der Waals surface area contributed by atoms with Crippen LogP contribution in [0, 0.1) is 0 Å². The van der Waals surface area contributed by atoms with Crippen molar-refractivity contribution in [1.29, 1.82) is 0 Å². The summed E-state index contributed by atoms with van der Waals surface area (Å²) in [5, 5.41) is 8.88. The number of rotatable bonds is 5. The Morgan fingerprint density at radius 1 is 1.11 bits per heavy atom. The van der Waals surface area contributed by atoms with Gasteiger partial charge in [0.25, 0.3) is 0 Å². The Labute approximate surface area is 115 Å². The number of carbonyl (C=O) groups excluding carboxylic acids is 1. The number of carboxylic acids is 1. The van der Waals surface area contributed by atoms with E-state index in [1.54, 1.807) is 12.1 Å². The molecular formula is C15H12O3S. The Balaban J connectivity index is 2.22. The summed E-state index contributed by atoms with van der Waals surface area (Å²) < 4.78 is 0. The van der Waals surface area contributed by atoms with Gasteiger partial charge in [0.15, 0.2) is 0 Å². The van der Waals surface area contributed by atoms with E-state index in [2.05, 4.69) is 0 Å². The highest BCUT2D eigenvalue weighted by Crippen LogP contribution is 2.30. The summed E-state index contributed by atoms with van der Waals surface area (Å²) in [6, 6.07) is 14.6. The first-order chi connectivity index (χ1) is 9.19. The van der Waals surface area contributed by atoms with E-state index >= 15 is 0 Å². The molecule has 2 aromatic carbocycles. The third kappa shape index (κ3) is 3.69. The maximum absolute atomic E-state index is 10.8. The van der Waals surface area contributed by atoms with Crippen molar-refractivity contribution in [3.05, 3.63) is 59.7 Å². The van der Waals surface area contributed by atoms with Gasteiger partial charge >= 0.3 is 5.97 Å². The average molecular weight is 272 g/mol. The zero-order valence-corrected chi connectivity index (χ0v) is 10.9. The van der Waals surface area contributed by atoms with E-state index in [0.29, 0.717) is 5.56 Å². The number of carbonyl (C=O) groups is 2. The van der Waals surface area contributed by atoms with Gasteiger partial charge < -0.3 is 5.11 Å². The lowest BCUT2D eigenvalue weighted by Crippen LogP contribution is -2.01. The molecule has 0 aliphatic rings. The summed E-state index contributed by atoms with van der Waals surface area (Å²) in [6.07, 6.45) is 0.808. The molecule has 0 fully saturated rings. The monoisotopic (exact) mass is 272 g/mol. The van der Waals surface area contributed by atoms with Gasteiger partial charge in [-0.05, 0) is 23.8 Å². The SMILES string of the molecule is O=Cc1ccc(Sc2ccccc2CC(=O)O)cc1. The van der Waals surface area contributed by atoms with Crippen molar-refractivity contribution in [2.75, 3.05) is 0 Å². The van der Waals surface area contributed by atoms with Crippen molar-refractivity contribution in [2.45, 2.75) is 16.2 Å². The van der Waals surface area contributed by atoms with Crippen molar-refractivity contribution in [1.82, 2.24) is 0 Å². The van der Waals surface area contributed by atoms with Crippen LogP contribution >= 0.6 is 11.8 Å². The quantitative estimate of drug-likeness (QED) is 0.849. The topological polar surface area (TPSA) is 54.4 Å².